The first kappa shape index (κ1) is 14.3. The van der Waals surface area contributed by atoms with E-state index in [9.17, 15) is 4.39 Å². The van der Waals surface area contributed by atoms with Gasteiger partial charge in [-0.15, -0.1) is 0 Å². The molecule has 4 aromatic rings. The standard InChI is InChI=1S/C22H14FN/c23-19-12-7-13-20-21(19)18(15-14-16-8-3-1-4-9-16)22(24-20)17-10-5-2-6-11-17/h1-13,24H. The van der Waals surface area contributed by atoms with E-state index in [1.165, 1.54) is 6.07 Å². The van der Waals surface area contributed by atoms with Gasteiger partial charge >= 0.3 is 0 Å². The van der Waals surface area contributed by atoms with Gasteiger partial charge in [0.25, 0.3) is 0 Å². The Balaban J connectivity index is 1.97. The van der Waals surface area contributed by atoms with Crippen molar-refractivity contribution in [1.29, 1.82) is 0 Å². The Morgan fingerprint density at radius 1 is 0.708 bits per heavy atom. The molecule has 0 aliphatic rings. The minimum absolute atomic E-state index is 0.261. The van der Waals surface area contributed by atoms with Gasteiger partial charge in [0.1, 0.15) is 5.82 Å². The Bertz CT molecular complexity index is 1050. The highest BCUT2D eigenvalue weighted by atomic mass is 19.1. The van der Waals surface area contributed by atoms with Crippen molar-refractivity contribution in [2.24, 2.45) is 0 Å². The SMILES string of the molecule is Fc1cccc2[nH]c(-c3ccccc3)c(C#Cc3ccccc3)c12. The van der Waals surface area contributed by atoms with Gasteiger partial charge in [0, 0.05) is 5.56 Å². The summed E-state index contributed by atoms with van der Waals surface area (Å²) in [7, 11) is 0. The van der Waals surface area contributed by atoms with E-state index in [0.29, 0.717) is 10.9 Å². The fourth-order valence-electron chi connectivity index (χ4n) is 2.81. The number of hydrogen-bond acceptors (Lipinski definition) is 0. The molecule has 0 amide bonds. The summed E-state index contributed by atoms with van der Waals surface area (Å²) in [6.45, 7) is 0. The number of fused-ring (bicyclic) bond motifs is 1. The molecule has 0 fully saturated rings. The highest BCUT2D eigenvalue weighted by Gasteiger charge is 2.14. The van der Waals surface area contributed by atoms with Crippen molar-refractivity contribution in [2.75, 3.05) is 0 Å². The number of hydrogen-bond donors (Lipinski definition) is 1. The molecular formula is C22H14FN. The first-order valence-electron chi connectivity index (χ1n) is 7.75. The first-order chi connectivity index (χ1) is 11.8. The predicted molar refractivity (Wildman–Crippen MR) is 96.1 cm³/mol. The summed E-state index contributed by atoms with van der Waals surface area (Å²) in [5, 5.41) is 0.541. The summed E-state index contributed by atoms with van der Waals surface area (Å²) in [5.41, 5.74) is 4.19. The molecule has 1 N–H and O–H groups in total. The third-order valence-corrected chi connectivity index (χ3v) is 3.94. The lowest BCUT2D eigenvalue weighted by Crippen LogP contribution is -1.83. The Kier molecular flexibility index (Phi) is 3.61. The van der Waals surface area contributed by atoms with E-state index in [-0.39, 0.29) is 5.82 Å². The van der Waals surface area contributed by atoms with E-state index >= 15 is 0 Å². The van der Waals surface area contributed by atoms with Crippen LogP contribution in [-0.4, -0.2) is 4.98 Å². The summed E-state index contributed by atoms with van der Waals surface area (Å²) >= 11 is 0. The molecule has 0 saturated heterocycles. The van der Waals surface area contributed by atoms with Crippen LogP contribution in [0, 0.1) is 17.7 Å². The minimum atomic E-state index is -0.261. The highest BCUT2D eigenvalue weighted by molar-refractivity contribution is 5.94. The van der Waals surface area contributed by atoms with Crippen LogP contribution in [0.2, 0.25) is 0 Å². The second-order valence-corrected chi connectivity index (χ2v) is 5.52. The Labute approximate surface area is 139 Å². The summed E-state index contributed by atoms with van der Waals surface area (Å²) in [4.78, 5) is 3.32. The van der Waals surface area contributed by atoms with E-state index in [4.69, 9.17) is 0 Å². The zero-order valence-electron chi connectivity index (χ0n) is 12.9. The van der Waals surface area contributed by atoms with E-state index in [1.807, 2.05) is 66.7 Å². The lowest BCUT2D eigenvalue weighted by molar-refractivity contribution is 0.640. The first-order valence-corrected chi connectivity index (χ1v) is 7.75. The highest BCUT2D eigenvalue weighted by Crippen LogP contribution is 2.31. The number of benzene rings is 3. The molecule has 0 bridgehead atoms. The number of aromatic amines is 1. The Hall–Kier alpha value is -3.31. The number of aromatic nitrogens is 1. The molecular weight excluding hydrogens is 297 g/mol. The second kappa shape index (κ2) is 6.06. The van der Waals surface area contributed by atoms with E-state index in [1.54, 1.807) is 6.07 Å². The largest absolute Gasteiger partial charge is 0.353 e. The van der Waals surface area contributed by atoms with Gasteiger partial charge in [0.15, 0.2) is 0 Å². The molecule has 1 heterocycles. The van der Waals surface area contributed by atoms with Crippen molar-refractivity contribution in [1.82, 2.24) is 4.98 Å². The normalized spacial score (nSPS) is 10.4. The summed E-state index contributed by atoms with van der Waals surface area (Å²) < 4.78 is 14.4. The Morgan fingerprint density at radius 2 is 1.42 bits per heavy atom. The molecule has 0 aliphatic carbocycles. The van der Waals surface area contributed by atoms with Crippen molar-refractivity contribution in [3.63, 3.8) is 0 Å². The number of nitrogens with one attached hydrogen (secondary N) is 1. The predicted octanol–water partition coefficient (Wildman–Crippen LogP) is 5.37. The lowest BCUT2D eigenvalue weighted by atomic mass is 10.0. The fraction of sp³-hybridized carbons (Fsp3) is 0. The molecule has 0 spiro atoms. The van der Waals surface area contributed by atoms with Gasteiger partial charge in [-0.2, -0.15) is 0 Å². The zero-order chi connectivity index (χ0) is 16.4. The molecule has 1 nitrogen and oxygen atoms in total. The zero-order valence-corrected chi connectivity index (χ0v) is 12.9. The Morgan fingerprint density at radius 3 is 2.17 bits per heavy atom. The molecule has 4 rings (SSSR count). The van der Waals surface area contributed by atoms with Crippen LogP contribution in [0.1, 0.15) is 11.1 Å². The monoisotopic (exact) mass is 311 g/mol. The van der Waals surface area contributed by atoms with Crippen LogP contribution in [0.25, 0.3) is 22.2 Å². The average Bonchev–Trinajstić information content (AvgIpc) is 3.01. The van der Waals surface area contributed by atoms with Gasteiger partial charge in [0.05, 0.1) is 22.2 Å². The van der Waals surface area contributed by atoms with E-state index in [2.05, 4.69) is 16.8 Å². The molecule has 1 aromatic heterocycles. The average molecular weight is 311 g/mol. The fourth-order valence-corrected chi connectivity index (χ4v) is 2.81. The van der Waals surface area contributed by atoms with Crippen LogP contribution in [0.4, 0.5) is 4.39 Å². The van der Waals surface area contributed by atoms with Gasteiger partial charge in [-0.25, -0.2) is 4.39 Å². The molecule has 114 valence electrons. The molecule has 0 unspecified atom stereocenters. The van der Waals surface area contributed by atoms with Crippen LogP contribution in [0.3, 0.4) is 0 Å². The van der Waals surface area contributed by atoms with E-state index < -0.39 is 0 Å². The van der Waals surface area contributed by atoms with Crippen molar-refractivity contribution in [3.8, 4) is 23.1 Å². The maximum absolute atomic E-state index is 14.4. The maximum Gasteiger partial charge on any atom is 0.133 e. The third-order valence-electron chi connectivity index (χ3n) is 3.94. The van der Waals surface area contributed by atoms with Crippen LogP contribution >= 0.6 is 0 Å². The van der Waals surface area contributed by atoms with Crippen LogP contribution < -0.4 is 0 Å². The summed E-state index contributed by atoms with van der Waals surface area (Å²) in [6, 6.07) is 24.7. The summed E-state index contributed by atoms with van der Waals surface area (Å²) in [6.07, 6.45) is 0. The topological polar surface area (TPSA) is 15.8 Å². The van der Waals surface area contributed by atoms with Crippen molar-refractivity contribution in [3.05, 3.63) is 95.8 Å². The van der Waals surface area contributed by atoms with Gasteiger partial charge in [-0.05, 0) is 29.8 Å². The van der Waals surface area contributed by atoms with E-state index in [0.717, 1.165) is 22.3 Å². The van der Waals surface area contributed by atoms with Crippen LogP contribution in [-0.2, 0) is 0 Å². The number of halogens is 1. The third kappa shape index (κ3) is 2.57. The van der Waals surface area contributed by atoms with Crippen molar-refractivity contribution >= 4 is 10.9 Å². The number of rotatable bonds is 1. The second-order valence-electron chi connectivity index (χ2n) is 5.52. The minimum Gasteiger partial charge on any atom is -0.353 e. The molecule has 0 atom stereocenters. The summed E-state index contributed by atoms with van der Waals surface area (Å²) in [5.74, 6) is 6.05. The molecule has 0 saturated carbocycles. The molecule has 0 radical (unpaired) electrons. The lowest BCUT2D eigenvalue weighted by Gasteiger charge is -1.99. The molecule has 2 heteroatoms. The molecule has 0 aliphatic heterocycles. The van der Waals surface area contributed by atoms with Gasteiger partial charge in [0.2, 0.25) is 0 Å². The van der Waals surface area contributed by atoms with Crippen LogP contribution in [0.5, 0.6) is 0 Å². The van der Waals surface area contributed by atoms with Gasteiger partial charge in [-0.3, -0.25) is 0 Å². The molecule has 24 heavy (non-hydrogen) atoms. The number of H-pyrrole nitrogens is 1. The van der Waals surface area contributed by atoms with Crippen molar-refractivity contribution in [2.45, 2.75) is 0 Å². The quantitative estimate of drug-likeness (QED) is 0.455. The molecule has 3 aromatic carbocycles. The van der Waals surface area contributed by atoms with Gasteiger partial charge < -0.3 is 4.98 Å². The van der Waals surface area contributed by atoms with Crippen LogP contribution in [0.15, 0.2) is 78.9 Å². The van der Waals surface area contributed by atoms with Gasteiger partial charge in [-0.1, -0.05) is 66.4 Å². The smallest absolute Gasteiger partial charge is 0.133 e. The maximum atomic E-state index is 14.4. The van der Waals surface area contributed by atoms with Crippen molar-refractivity contribution < 1.29 is 4.39 Å².